The van der Waals surface area contributed by atoms with E-state index in [1.165, 1.54) is 51.7 Å². The van der Waals surface area contributed by atoms with Crippen molar-refractivity contribution in [1.29, 1.82) is 0 Å². The van der Waals surface area contributed by atoms with E-state index >= 15 is 0 Å². The van der Waals surface area contributed by atoms with Gasteiger partial charge < -0.3 is 5.32 Å². The van der Waals surface area contributed by atoms with E-state index in [2.05, 4.69) is 31.0 Å². The van der Waals surface area contributed by atoms with Gasteiger partial charge in [0.25, 0.3) is 0 Å². The molecule has 0 spiro atoms. The highest BCUT2D eigenvalue weighted by Crippen LogP contribution is 2.28. The Morgan fingerprint density at radius 2 is 2.00 bits per heavy atom. The van der Waals surface area contributed by atoms with Crippen LogP contribution in [0.4, 0.5) is 0 Å². The quantitative estimate of drug-likeness (QED) is 0.810. The molecule has 2 heteroatoms. The maximum Gasteiger partial charge on any atom is 0.0246 e. The molecule has 1 N–H and O–H groups in total. The van der Waals surface area contributed by atoms with Crippen molar-refractivity contribution in [3.05, 3.63) is 0 Å². The Morgan fingerprint density at radius 1 is 1.29 bits per heavy atom. The molecule has 0 bridgehead atoms. The number of nitrogens with one attached hydrogen (secondary N) is 1. The molecule has 1 saturated carbocycles. The number of piperazine rings is 1. The Balaban J connectivity index is 1.92. The molecule has 3 atom stereocenters. The summed E-state index contributed by atoms with van der Waals surface area (Å²) >= 11 is 0. The van der Waals surface area contributed by atoms with Gasteiger partial charge in [-0.2, -0.15) is 0 Å². The summed E-state index contributed by atoms with van der Waals surface area (Å²) in [5, 5.41) is 3.66. The van der Waals surface area contributed by atoms with Crippen LogP contribution in [0.3, 0.4) is 0 Å². The second-order valence-electron chi connectivity index (χ2n) is 6.37. The lowest BCUT2D eigenvalue weighted by molar-refractivity contribution is 0.0798. The second-order valence-corrected chi connectivity index (χ2v) is 6.37. The third kappa shape index (κ3) is 3.45. The highest BCUT2D eigenvalue weighted by Gasteiger charge is 2.31. The smallest absolute Gasteiger partial charge is 0.0246 e. The number of hydrogen-bond donors (Lipinski definition) is 1. The minimum absolute atomic E-state index is 0.678. The van der Waals surface area contributed by atoms with E-state index in [9.17, 15) is 0 Å². The van der Waals surface area contributed by atoms with Crippen LogP contribution in [0.5, 0.6) is 0 Å². The van der Waals surface area contributed by atoms with Gasteiger partial charge in [0.1, 0.15) is 0 Å². The molecule has 0 amide bonds. The molecular formula is C15H30N2. The van der Waals surface area contributed by atoms with Crippen molar-refractivity contribution in [3.8, 4) is 0 Å². The van der Waals surface area contributed by atoms with Crippen molar-refractivity contribution >= 4 is 0 Å². The molecule has 0 radical (unpaired) electrons. The summed E-state index contributed by atoms with van der Waals surface area (Å²) in [7, 11) is 0. The minimum Gasteiger partial charge on any atom is -0.311 e. The van der Waals surface area contributed by atoms with Crippen molar-refractivity contribution in [3.63, 3.8) is 0 Å². The third-order valence-corrected chi connectivity index (χ3v) is 4.92. The van der Waals surface area contributed by atoms with E-state index < -0.39 is 0 Å². The largest absolute Gasteiger partial charge is 0.311 e. The fourth-order valence-corrected chi connectivity index (χ4v) is 3.57. The molecule has 1 saturated heterocycles. The lowest BCUT2D eigenvalue weighted by Crippen LogP contribution is -2.58. The zero-order chi connectivity index (χ0) is 12.3. The van der Waals surface area contributed by atoms with Crippen LogP contribution >= 0.6 is 0 Å². The summed E-state index contributed by atoms with van der Waals surface area (Å²) in [6.45, 7) is 10.9. The van der Waals surface area contributed by atoms with Gasteiger partial charge >= 0.3 is 0 Å². The van der Waals surface area contributed by atoms with Crippen molar-refractivity contribution < 1.29 is 0 Å². The van der Waals surface area contributed by atoms with Crippen molar-refractivity contribution in [1.82, 2.24) is 10.2 Å². The first kappa shape index (κ1) is 13.4. The standard InChI is InChI=1S/C15H30N2/c1-4-12(2)15-9-16-13(3)10-17(15)11-14-7-5-6-8-14/h12-16H,4-11H2,1-3H3. The summed E-state index contributed by atoms with van der Waals surface area (Å²) < 4.78 is 0. The Kier molecular flexibility index (Phi) is 4.87. The lowest BCUT2D eigenvalue weighted by Gasteiger charge is -2.43. The van der Waals surface area contributed by atoms with Crippen LogP contribution in [0.1, 0.15) is 52.9 Å². The van der Waals surface area contributed by atoms with E-state index in [0.717, 1.165) is 17.9 Å². The maximum absolute atomic E-state index is 3.66. The van der Waals surface area contributed by atoms with E-state index in [0.29, 0.717) is 6.04 Å². The topological polar surface area (TPSA) is 15.3 Å². The average molecular weight is 238 g/mol. The molecule has 1 heterocycles. The maximum atomic E-state index is 3.66. The van der Waals surface area contributed by atoms with Crippen LogP contribution in [0.25, 0.3) is 0 Å². The summed E-state index contributed by atoms with van der Waals surface area (Å²) in [4.78, 5) is 2.80. The van der Waals surface area contributed by atoms with Crippen LogP contribution < -0.4 is 5.32 Å². The summed E-state index contributed by atoms with van der Waals surface area (Å²) in [6, 6.07) is 1.45. The Hall–Kier alpha value is -0.0800. The second kappa shape index (κ2) is 6.19. The molecular weight excluding hydrogens is 208 g/mol. The zero-order valence-corrected chi connectivity index (χ0v) is 11.9. The van der Waals surface area contributed by atoms with E-state index in [-0.39, 0.29) is 0 Å². The van der Waals surface area contributed by atoms with Crippen molar-refractivity contribution in [2.75, 3.05) is 19.6 Å². The molecule has 0 aromatic heterocycles. The molecule has 2 aliphatic rings. The predicted molar refractivity (Wildman–Crippen MR) is 74.2 cm³/mol. The van der Waals surface area contributed by atoms with Gasteiger partial charge in [0.05, 0.1) is 0 Å². The fourth-order valence-electron chi connectivity index (χ4n) is 3.57. The number of rotatable bonds is 4. The molecule has 2 fully saturated rings. The minimum atomic E-state index is 0.678. The molecule has 0 aromatic carbocycles. The van der Waals surface area contributed by atoms with E-state index in [1.807, 2.05) is 0 Å². The first-order valence-electron chi connectivity index (χ1n) is 7.68. The highest BCUT2D eigenvalue weighted by molar-refractivity contribution is 4.88. The van der Waals surface area contributed by atoms with Crippen LogP contribution in [0.2, 0.25) is 0 Å². The van der Waals surface area contributed by atoms with Gasteiger partial charge in [-0.1, -0.05) is 33.1 Å². The first-order chi connectivity index (χ1) is 8.20. The van der Waals surface area contributed by atoms with Crippen LogP contribution in [-0.4, -0.2) is 36.6 Å². The molecule has 1 aliphatic carbocycles. The Bertz CT molecular complexity index is 223. The van der Waals surface area contributed by atoms with Gasteiger partial charge in [0.15, 0.2) is 0 Å². The molecule has 100 valence electrons. The van der Waals surface area contributed by atoms with Crippen LogP contribution in [-0.2, 0) is 0 Å². The molecule has 1 aliphatic heterocycles. The molecule has 2 nitrogen and oxygen atoms in total. The van der Waals surface area contributed by atoms with Crippen molar-refractivity contribution in [2.24, 2.45) is 11.8 Å². The molecule has 2 rings (SSSR count). The van der Waals surface area contributed by atoms with Crippen LogP contribution in [0.15, 0.2) is 0 Å². The summed E-state index contributed by atoms with van der Waals surface area (Å²) in [6.07, 6.45) is 7.21. The lowest BCUT2D eigenvalue weighted by atomic mass is 9.93. The summed E-state index contributed by atoms with van der Waals surface area (Å²) in [5.74, 6) is 1.82. The van der Waals surface area contributed by atoms with E-state index in [1.54, 1.807) is 0 Å². The Morgan fingerprint density at radius 3 is 2.65 bits per heavy atom. The number of nitrogens with zero attached hydrogens (tertiary/aromatic N) is 1. The van der Waals surface area contributed by atoms with Gasteiger partial charge in [-0.15, -0.1) is 0 Å². The average Bonchev–Trinajstić information content (AvgIpc) is 2.81. The van der Waals surface area contributed by atoms with E-state index in [4.69, 9.17) is 0 Å². The van der Waals surface area contributed by atoms with Gasteiger partial charge in [0.2, 0.25) is 0 Å². The Labute approximate surface area is 107 Å². The first-order valence-corrected chi connectivity index (χ1v) is 7.68. The molecule has 3 unspecified atom stereocenters. The summed E-state index contributed by atoms with van der Waals surface area (Å²) in [5.41, 5.74) is 0. The van der Waals surface area contributed by atoms with Gasteiger partial charge in [0, 0.05) is 31.7 Å². The normalized spacial score (nSPS) is 34.1. The van der Waals surface area contributed by atoms with Gasteiger partial charge in [-0.25, -0.2) is 0 Å². The van der Waals surface area contributed by atoms with Gasteiger partial charge in [-0.05, 0) is 31.6 Å². The number of hydrogen-bond acceptors (Lipinski definition) is 2. The zero-order valence-electron chi connectivity index (χ0n) is 11.9. The van der Waals surface area contributed by atoms with Crippen LogP contribution in [0, 0.1) is 11.8 Å². The van der Waals surface area contributed by atoms with Gasteiger partial charge in [-0.3, -0.25) is 4.90 Å². The fraction of sp³-hybridized carbons (Fsp3) is 1.00. The highest BCUT2D eigenvalue weighted by atomic mass is 15.2. The predicted octanol–water partition coefficient (Wildman–Crippen LogP) is 2.89. The third-order valence-electron chi connectivity index (χ3n) is 4.92. The molecule has 0 aromatic rings. The SMILES string of the molecule is CCC(C)C1CNC(C)CN1CC1CCCC1. The van der Waals surface area contributed by atoms with Crippen molar-refractivity contribution in [2.45, 2.75) is 65.0 Å². The monoisotopic (exact) mass is 238 g/mol. The molecule has 17 heavy (non-hydrogen) atoms.